The molecule has 0 saturated carbocycles. The van der Waals surface area contributed by atoms with E-state index in [9.17, 15) is 0 Å². The summed E-state index contributed by atoms with van der Waals surface area (Å²) in [6.07, 6.45) is 3.75. The monoisotopic (exact) mass is 276 g/mol. The van der Waals surface area contributed by atoms with Crippen LogP contribution in [0.4, 0.5) is 5.69 Å². The van der Waals surface area contributed by atoms with Gasteiger partial charge in [0.05, 0.1) is 0 Å². The number of aryl methyl sites for hydroxylation is 1. The Morgan fingerprint density at radius 3 is 2.53 bits per heavy atom. The van der Waals surface area contributed by atoms with Crippen molar-refractivity contribution in [2.45, 2.75) is 40.0 Å². The van der Waals surface area contributed by atoms with Crippen LogP contribution in [0, 0.1) is 12.3 Å². The van der Waals surface area contributed by atoms with Crippen LogP contribution in [0.25, 0.3) is 0 Å². The van der Waals surface area contributed by atoms with Gasteiger partial charge in [0.25, 0.3) is 0 Å². The lowest BCUT2D eigenvalue weighted by molar-refractivity contribution is 0.238. The van der Waals surface area contributed by atoms with E-state index >= 15 is 0 Å². The lowest BCUT2D eigenvalue weighted by Gasteiger charge is -2.41. The summed E-state index contributed by atoms with van der Waals surface area (Å²) in [6.45, 7) is 9.04. The summed E-state index contributed by atoms with van der Waals surface area (Å²) in [6, 6.07) is 6.22. The predicted molar refractivity (Wildman–Crippen MR) is 86.9 cm³/mol. The smallest absolute Gasteiger partial charge is 0.106 e. The predicted octanol–water partition coefficient (Wildman–Crippen LogP) is 3.65. The van der Waals surface area contributed by atoms with E-state index in [1.54, 1.807) is 0 Å². The van der Waals surface area contributed by atoms with E-state index in [0.717, 1.165) is 18.7 Å². The van der Waals surface area contributed by atoms with Gasteiger partial charge in [-0.2, -0.15) is 0 Å². The van der Waals surface area contributed by atoms with Crippen LogP contribution in [0.2, 0.25) is 0 Å². The molecule has 104 valence electrons. The van der Waals surface area contributed by atoms with Crippen LogP contribution in [-0.2, 0) is 0 Å². The molecule has 0 amide bonds. The zero-order valence-electron chi connectivity index (χ0n) is 12.2. The first-order valence-corrected chi connectivity index (χ1v) is 7.52. The van der Waals surface area contributed by atoms with Gasteiger partial charge in [-0.25, -0.2) is 0 Å². The molecule has 0 atom stereocenters. The van der Waals surface area contributed by atoms with Gasteiger partial charge < -0.3 is 10.6 Å². The third-order valence-corrected chi connectivity index (χ3v) is 4.86. The maximum absolute atomic E-state index is 5.87. The van der Waals surface area contributed by atoms with Gasteiger partial charge in [0, 0.05) is 24.3 Å². The molecule has 2 nitrogen and oxygen atoms in total. The minimum atomic E-state index is 0.502. The van der Waals surface area contributed by atoms with Crippen molar-refractivity contribution in [2.75, 3.05) is 18.0 Å². The van der Waals surface area contributed by atoms with Gasteiger partial charge in [0.15, 0.2) is 0 Å². The summed E-state index contributed by atoms with van der Waals surface area (Å²) >= 11 is 5.20. The van der Waals surface area contributed by atoms with Crippen molar-refractivity contribution in [3.05, 3.63) is 29.3 Å². The highest BCUT2D eigenvalue weighted by atomic mass is 32.1. The summed E-state index contributed by atoms with van der Waals surface area (Å²) < 4.78 is 0. The Labute approximate surface area is 122 Å². The Morgan fingerprint density at radius 1 is 1.37 bits per heavy atom. The molecule has 1 aromatic carbocycles. The Morgan fingerprint density at radius 2 is 2.00 bits per heavy atom. The molecule has 1 aliphatic rings. The third-order valence-electron chi connectivity index (χ3n) is 4.64. The Balaban J connectivity index is 2.27. The van der Waals surface area contributed by atoms with Crippen molar-refractivity contribution < 1.29 is 0 Å². The molecular formula is C16H24N2S. The van der Waals surface area contributed by atoms with Crippen molar-refractivity contribution in [1.29, 1.82) is 0 Å². The third kappa shape index (κ3) is 2.92. The highest BCUT2D eigenvalue weighted by Gasteiger charge is 2.29. The van der Waals surface area contributed by atoms with Crippen molar-refractivity contribution in [1.82, 2.24) is 0 Å². The average Bonchev–Trinajstić information content (AvgIpc) is 2.40. The Bertz CT molecular complexity index is 474. The second-order valence-corrected chi connectivity index (χ2v) is 6.43. The standard InChI is InChI=1S/C16H24N2S/c1-4-16(3)8-10-18(11-9-16)14-12(2)6-5-7-13(14)15(17)19/h5-7H,4,8-11H2,1-3H3,(H2,17,19). The minimum absolute atomic E-state index is 0.502. The second-order valence-electron chi connectivity index (χ2n) is 5.99. The first-order valence-electron chi connectivity index (χ1n) is 7.11. The van der Waals surface area contributed by atoms with Crippen molar-refractivity contribution in [2.24, 2.45) is 11.1 Å². The Kier molecular flexibility index (Phi) is 4.14. The average molecular weight is 276 g/mol. The lowest BCUT2D eigenvalue weighted by Crippen LogP contribution is -2.39. The first kappa shape index (κ1) is 14.3. The molecule has 0 spiro atoms. The fourth-order valence-electron chi connectivity index (χ4n) is 2.90. The molecule has 0 bridgehead atoms. The minimum Gasteiger partial charge on any atom is -0.389 e. The zero-order valence-corrected chi connectivity index (χ0v) is 13.0. The highest BCUT2D eigenvalue weighted by Crippen LogP contribution is 2.37. The molecule has 1 saturated heterocycles. The lowest BCUT2D eigenvalue weighted by atomic mass is 9.78. The number of thiocarbonyl (C=S) groups is 1. The molecular weight excluding hydrogens is 252 g/mol. The number of para-hydroxylation sites is 1. The first-order chi connectivity index (χ1) is 8.97. The normalized spacial score (nSPS) is 18.4. The summed E-state index contributed by atoms with van der Waals surface area (Å²) in [4.78, 5) is 2.96. The van der Waals surface area contributed by atoms with Crippen LogP contribution in [-0.4, -0.2) is 18.1 Å². The molecule has 19 heavy (non-hydrogen) atoms. The SMILES string of the molecule is CCC1(C)CCN(c2c(C)cccc2C(N)=S)CC1. The molecule has 1 aromatic rings. The number of nitrogens with two attached hydrogens (primary N) is 1. The van der Waals surface area contributed by atoms with Crippen LogP contribution in [0.5, 0.6) is 0 Å². The zero-order chi connectivity index (χ0) is 14.0. The van der Waals surface area contributed by atoms with Gasteiger partial charge in [0.1, 0.15) is 4.99 Å². The Hall–Kier alpha value is -1.09. The maximum Gasteiger partial charge on any atom is 0.106 e. The largest absolute Gasteiger partial charge is 0.389 e. The number of hydrogen-bond donors (Lipinski definition) is 1. The molecule has 2 N–H and O–H groups in total. The molecule has 0 radical (unpaired) electrons. The van der Waals surface area contributed by atoms with E-state index in [2.05, 4.69) is 31.7 Å². The van der Waals surface area contributed by atoms with Gasteiger partial charge in [-0.3, -0.25) is 0 Å². The molecule has 3 heteroatoms. The topological polar surface area (TPSA) is 29.3 Å². The summed E-state index contributed by atoms with van der Waals surface area (Å²) in [5.41, 5.74) is 9.91. The van der Waals surface area contributed by atoms with Gasteiger partial charge in [0.2, 0.25) is 0 Å². The van der Waals surface area contributed by atoms with Gasteiger partial charge in [-0.1, -0.05) is 44.6 Å². The summed E-state index contributed by atoms with van der Waals surface area (Å²) in [7, 11) is 0. The number of nitrogens with zero attached hydrogens (tertiary/aromatic N) is 1. The number of hydrogen-bond acceptors (Lipinski definition) is 2. The van der Waals surface area contributed by atoms with Crippen molar-refractivity contribution >= 4 is 22.9 Å². The number of piperidine rings is 1. The van der Waals surface area contributed by atoms with Crippen LogP contribution in [0.3, 0.4) is 0 Å². The maximum atomic E-state index is 5.87. The molecule has 0 aromatic heterocycles. The van der Waals surface area contributed by atoms with Gasteiger partial charge >= 0.3 is 0 Å². The fourth-order valence-corrected chi connectivity index (χ4v) is 3.07. The molecule has 1 heterocycles. The summed E-state index contributed by atoms with van der Waals surface area (Å²) in [5.74, 6) is 0. The van der Waals surface area contributed by atoms with E-state index in [4.69, 9.17) is 18.0 Å². The van der Waals surface area contributed by atoms with E-state index in [0.29, 0.717) is 10.4 Å². The fraction of sp³-hybridized carbons (Fsp3) is 0.562. The molecule has 0 unspecified atom stereocenters. The quantitative estimate of drug-likeness (QED) is 0.855. The van der Waals surface area contributed by atoms with Gasteiger partial charge in [-0.15, -0.1) is 0 Å². The number of anilines is 1. The van der Waals surface area contributed by atoms with Crippen molar-refractivity contribution in [3.63, 3.8) is 0 Å². The highest BCUT2D eigenvalue weighted by molar-refractivity contribution is 7.80. The van der Waals surface area contributed by atoms with Crippen LogP contribution in [0.15, 0.2) is 18.2 Å². The van der Waals surface area contributed by atoms with Crippen LogP contribution >= 0.6 is 12.2 Å². The molecule has 0 aliphatic carbocycles. The van der Waals surface area contributed by atoms with E-state index in [1.165, 1.54) is 30.5 Å². The molecule has 1 fully saturated rings. The van der Waals surface area contributed by atoms with E-state index in [1.807, 2.05) is 12.1 Å². The second kappa shape index (κ2) is 5.49. The van der Waals surface area contributed by atoms with Crippen LogP contribution < -0.4 is 10.6 Å². The summed E-state index contributed by atoms with van der Waals surface area (Å²) in [5, 5.41) is 0. The van der Waals surface area contributed by atoms with Crippen LogP contribution in [0.1, 0.15) is 44.2 Å². The van der Waals surface area contributed by atoms with Crippen molar-refractivity contribution in [3.8, 4) is 0 Å². The van der Waals surface area contributed by atoms with E-state index < -0.39 is 0 Å². The van der Waals surface area contributed by atoms with E-state index in [-0.39, 0.29) is 0 Å². The molecule has 1 aliphatic heterocycles. The molecule has 2 rings (SSSR count). The number of rotatable bonds is 3. The van der Waals surface area contributed by atoms with Gasteiger partial charge in [-0.05, 0) is 36.8 Å². The number of benzene rings is 1.